The predicted molar refractivity (Wildman–Crippen MR) is 160 cm³/mol. The second-order valence-corrected chi connectivity index (χ2v) is 11.5. The quantitative estimate of drug-likeness (QED) is 0.192. The molecule has 0 bridgehead atoms. The molecule has 0 saturated carbocycles. The molecule has 0 spiro atoms. The van der Waals surface area contributed by atoms with Crippen molar-refractivity contribution in [2.24, 2.45) is 9.50 Å². The predicted octanol–water partition coefficient (Wildman–Crippen LogP) is 6.66. The molecule has 4 aromatic rings. The van der Waals surface area contributed by atoms with Gasteiger partial charge in [-0.25, -0.2) is 5.01 Å². The maximum atomic E-state index is 13.5. The molecule has 10 heteroatoms. The molecule has 0 amide bonds. The van der Waals surface area contributed by atoms with Crippen molar-refractivity contribution in [3.8, 4) is 5.75 Å². The van der Waals surface area contributed by atoms with Crippen LogP contribution in [0.1, 0.15) is 22.6 Å². The summed E-state index contributed by atoms with van der Waals surface area (Å²) in [6.45, 7) is 0.267. The van der Waals surface area contributed by atoms with Crippen LogP contribution in [0.25, 0.3) is 0 Å². The van der Waals surface area contributed by atoms with Crippen LogP contribution < -0.4 is 4.74 Å². The summed E-state index contributed by atoms with van der Waals surface area (Å²) >= 11 is 12.1. The number of hydrazone groups is 1. The monoisotopic (exact) mass is 590 g/mol. The average molecular weight is 592 g/mol. The first-order valence-electron chi connectivity index (χ1n) is 12.3. The highest BCUT2D eigenvalue weighted by Crippen LogP contribution is 2.31. The maximum absolute atomic E-state index is 13.5. The molecule has 0 saturated heterocycles. The average Bonchev–Trinajstić information content (AvgIpc) is 3.42. The molecule has 202 valence electrons. The van der Waals surface area contributed by atoms with Crippen LogP contribution in [0.15, 0.2) is 118 Å². The molecule has 1 aliphatic heterocycles. The molecule has 4 aromatic carbocycles. The number of ether oxygens (including phenoxy) is 1. The van der Waals surface area contributed by atoms with Crippen LogP contribution >= 0.6 is 23.2 Å². The standard InChI is InChI=1S/C30H24Cl2N4O3S/c1-39-25-9-5-8-22(18-25)28(33)30(35-40(37,38)26-16-14-24(32)15-17-26)36-19-27(20-6-3-2-4-7-20)29(34-36)21-10-12-23(31)13-11-21/h2-18,27,33H,19H2,1H3/b33-28?,35-30+. The Balaban J connectivity index is 1.65. The van der Waals surface area contributed by atoms with E-state index in [1.54, 1.807) is 36.4 Å². The highest BCUT2D eigenvalue weighted by Gasteiger charge is 2.34. The Bertz CT molecular complexity index is 1710. The zero-order valence-electron chi connectivity index (χ0n) is 21.3. The second-order valence-electron chi connectivity index (χ2n) is 8.99. The first kappa shape index (κ1) is 27.6. The van der Waals surface area contributed by atoms with E-state index >= 15 is 0 Å². The Morgan fingerprint density at radius 1 is 0.925 bits per heavy atom. The van der Waals surface area contributed by atoms with Crippen molar-refractivity contribution in [3.63, 3.8) is 0 Å². The topological polar surface area (TPSA) is 95.2 Å². The fraction of sp³-hybridized carbons (Fsp3) is 0.100. The van der Waals surface area contributed by atoms with Crippen molar-refractivity contribution < 1.29 is 13.2 Å². The van der Waals surface area contributed by atoms with E-state index in [4.69, 9.17) is 38.4 Å². The summed E-state index contributed by atoms with van der Waals surface area (Å²) < 4.78 is 36.4. The Hall–Kier alpha value is -3.98. The van der Waals surface area contributed by atoms with E-state index < -0.39 is 10.0 Å². The summed E-state index contributed by atoms with van der Waals surface area (Å²) in [5, 5.41) is 16.4. The third-order valence-electron chi connectivity index (χ3n) is 6.40. The molecule has 1 heterocycles. The van der Waals surface area contributed by atoms with Crippen LogP contribution in [0.2, 0.25) is 10.0 Å². The molecule has 7 nitrogen and oxygen atoms in total. The lowest BCUT2D eigenvalue weighted by atomic mass is 9.90. The number of rotatable bonds is 7. The van der Waals surface area contributed by atoms with Gasteiger partial charge in [0.05, 0.1) is 24.3 Å². The summed E-state index contributed by atoms with van der Waals surface area (Å²) in [7, 11) is -2.70. The molecule has 1 unspecified atom stereocenters. The third kappa shape index (κ3) is 5.94. The van der Waals surface area contributed by atoms with Crippen LogP contribution in [-0.4, -0.2) is 44.3 Å². The van der Waals surface area contributed by atoms with Crippen LogP contribution in [0.3, 0.4) is 0 Å². The van der Waals surface area contributed by atoms with E-state index in [2.05, 4.69) is 4.40 Å². The van der Waals surface area contributed by atoms with Gasteiger partial charge in [0.2, 0.25) is 0 Å². The van der Waals surface area contributed by atoms with E-state index in [0.29, 0.717) is 27.1 Å². The van der Waals surface area contributed by atoms with E-state index in [1.807, 2.05) is 42.5 Å². The van der Waals surface area contributed by atoms with Gasteiger partial charge < -0.3 is 4.74 Å². The van der Waals surface area contributed by atoms with Gasteiger partial charge >= 0.3 is 0 Å². The molecule has 1 N–H and O–H groups in total. The van der Waals surface area contributed by atoms with Crippen molar-refractivity contribution in [1.29, 1.82) is 5.41 Å². The van der Waals surface area contributed by atoms with Gasteiger partial charge in [-0.1, -0.05) is 77.8 Å². The number of methoxy groups -OCH3 is 1. The van der Waals surface area contributed by atoms with Crippen molar-refractivity contribution in [1.82, 2.24) is 5.01 Å². The lowest BCUT2D eigenvalue weighted by Gasteiger charge is -2.19. The van der Waals surface area contributed by atoms with Gasteiger partial charge in [-0.05, 0) is 59.7 Å². The van der Waals surface area contributed by atoms with Crippen LogP contribution in [0.4, 0.5) is 0 Å². The molecule has 5 rings (SSSR count). The number of halogens is 2. The van der Waals surface area contributed by atoms with Gasteiger partial charge in [-0.15, -0.1) is 4.40 Å². The Labute approximate surface area is 242 Å². The minimum atomic E-state index is -4.22. The molecular formula is C30H24Cl2N4O3S. The van der Waals surface area contributed by atoms with Gasteiger partial charge in [-0.3, -0.25) is 5.41 Å². The lowest BCUT2D eigenvalue weighted by molar-refractivity contribution is 0.414. The van der Waals surface area contributed by atoms with Crippen molar-refractivity contribution in [2.45, 2.75) is 10.8 Å². The van der Waals surface area contributed by atoms with E-state index in [0.717, 1.165) is 11.1 Å². The molecule has 0 radical (unpaired) electrons. The second kappa shape index (κ2) is 11.6. The molecule has 0 aliphatic carbocycles. The van der Waals surface area contributed by atoms with Crippen LogP contribution in [-0.2, 0) is 10.0 Å². The van der Waals surface area contributed by atoms with Gasteiger partial charge in [0, 0.05) is 21.5 Å². The summed E-state index contributed by atoms with van der Waals surface area (Å²) in [5.41, 5.74) is 2.83. The van der Waals surface area contributed by atoms with Gasteiger partial charge in [0.1, 0.15) is 11.5 Å². The molecule has 0 fully saturated rings. The smallest absolute Gasteiger partial charge is 0.284 e. The highest BCUT2D eigenvalue weighted by atomic mass is 35.5. The maximum Gasteiger partial charge on any atom is 0.284 e. The van der Waals surface area contributed by atoms with Crippen LogP contribution in [0, 0.1) is 5.41 Å². The molecule has 0 aromatic heterocycles. The summed E-state index contributed by atoms with van der Waals surface area (Å²) in [5.74, 6) is 0.188. The fourth-order valence-electron chi connectivity index (χ4n) is 4.36. The fourth-order valence-corrected chi connectivity index (χ4v) is 5.62. The van der Waals surface area contributed by atoms with Crippen molar-refractivity contribution >= 4 is 50.5 Å². The Morgan fingerprint density at radius 2 is 1.57 bits per heavy atom. The molecular weight excluding hydrogens is 567 g/mol. The molecule has 1 aliphatic rings. The van der Waals surface area contributed by atoms with Gasteiger partial charge in [-0.2, -0.15) is 13.5 Å². The largest absolute Gasteiger partial charge is 0.497 e. The molecule has 1 atom stereocenters. The number of nitrogens with one attached hydrogen (secondary N) is 1. The zero-order valence-corrected chi connectivity index (χ0v) is 23.7. The number of benzene rings is 4. The number of hydrogen-bond acceptors (Lipinski definition) is 5. The van der Waals surface area contributed by atoms with Crippen LogP contribution in [0.5, 0.6) is 5.75 Å². The lowest BCUT2D eigenvalue weighted by Crippen LogP contribution is -2.33. The summed E-state index contributed by atoms with van der Waals surface area (Å²) in [6.07, 6.45) is 0. The first-order valence-corrected chi connectivity index (χ1v) is 14.5. The SMILES string of the molecule is COc1cccc(C(=N)/C(=N\S(=O)(=O)c2ccc(Cl)cc2)N2CC(c3ccccc3)C(c3ccc(Cl)cc3)=N2)c1. The van der Waals surface area contributed by atoms with E-state index in [-0.39, 0.29) is 28.9 Å². The highest BCUT2D eigenvalue weighted by molar-refractivity contribution is 7.90. The van der Waals surface area contributed by atoms with Gasteiger partial charge in [0.25, 0.3) is 10.0 Å². The minimum absolute atomic E-state index is 0.0476. The zero-order chi connectivity index (χ0) is 28.3. The van der Waals surface area contributed by atoms with E-state index in [9.17, 15) is 8.42 Å². The minimum Gasteiger partial charge on any atom is -0.497 e. The van der Waals surface area contributed by atoms with Gasteiger partial charge in [0.15, 0.2) is 5.84 Å². The Morgan fingerprint density at radius 3 is 2.23 bits per heavy atom. The molecule has 40 heavy (non-hydrogen) atoms. The van der Waals surface area contributed by atoms with Crippen molar-refractivity contribution in [3.05, 3.63) is 130 Å². The number of amidine groups is 1. The normalized spacial score (nSPS) is 15.6. The Kier molecular flexibility index (Phi) is 8.02. The van der Waals surface area contributed by atoms with Crippen molar-refractivity contribution in [2.75, 3.05) is 13.7 Å². The number of hydrogen-bond donors (Lipinski definition) is 1. The third-order valence-corrected chi connectivity index (χ3v) is 8.19. The van der Waals surface area contributed by atoms with E-state index in [1.165, 1.54) is 36.4 Å². The number of sulfonamides is 1. The summed E-state index contributed by atoms with van der Waals surface area (Å²) in [6, 6.07) is 29.7. The number of nitrogens with zero attached hydrogens (tertiary/aromatic N) is 3. The summed E-state index contributed by atoms with van der Waals surface area (Å²) in [4.78, 5) is -0.0476. The first-order chi connectivity index (χ1) is 19.2.